The Morgan fingerprint density at radius 2 is 2.56 bits per heavy atom. The average Bonchev–Trinajstić information content (AvgIpc) is 2.34. The summed E-state index contributed by atoms with van der Waals surface area (Å²) >= 11 is 3.05. The molecule has 0 atom stereocenters. The molecule has 0 radical (unpaired) electrons. The van der Waals surface area contributed by atoms with Crippen LogP contribution in [0.25, 0.3) is 0 Å². The van der Waals surface area contributed by atoms with Gasteiger partial charge in [0.2, 0.25) is 11.5 Å². The predicted octanol–water partition coefficient (Wildman–Crippen LogP) is 2.15. The van der Waals surface area contributed by atoms with Gasteiger partial charge in [0.15, 0.2) is 0 Å². The molecule has 1 aromatic heterocycles. The molecule has 5 heteroatoms. The smallest absolute Gasteiger partial charge is 0.190 e. The highest BCUT2D eigenvalue weighted by molar-refractivity contribution is 8.02. The Morgan fingerprint density at radius 3 is 3.11 bits per heavy atom. The first kappa shape index (κ1) is 6.98. The molecule has 1 rings (SSSR count). The lowest BCUT2D eigenvalue weighted by molar-refractivity contribution is 0.699. The van der Waals surface area contributed by atoms with E-state index >= 15 is 0 Å². The summed E-state index contributed by atoms with van der Waals surface area (Å²) in [6.07, 6.45) is 0. The molecule has 0 aliphatic rings. The standard InChI is InChI=1S/C4H3NOS3/c6-9-5-8-4-2-1-3-7-4/h1-3H. The van der Waals surface area contributed by atoms with E-state index in [9.17, 15) is 4.21 Å². The minimum Gasteiger partial charge on any atom is -0.190 e. The van der Waals surface area contributed by atoms with Crippen LogP contribution in [0.5, 0.6) is 0 Å². The molecular weight excluding hydrogens is 174 g/mol. The van der Waals surface area contributed by atoms with Crippen molar-refractivity contribution in [1.29, 1.82) is 0 Å². The van der Waals surface area contributed by atoms with Crippen molar-refractivity contribution >= 4 is 34.7 Å². The van der Waals surface area contributed by atoms with Crippen LogP contribution < -0.4 is 0 Å². The van der Waals surface area contributed by atoms with Crippen LogP contribution in [0, 0.1) is 0 Å². The molecule has 48 valence electrons. The van der Waals surface area contributed by atoms with Gasteiger partial charge in [-0.25, -0.2) is 0 Å². The van der Waals surface area contributed by atoms with E-state index < -0.39 is 0 Å². The molecule has 0 bridgehead atoms. The SMILES string of the molecule is O=S=NSc1cccs1. The van der Waals surface area contributed by atoms with E-state index in [1.54, 1.807) is 11.3 Å². The highest BCUT2D eigenvalue weighted by atomic mass is 32.2. The van der Waals surface area contributed by atoms with Crippen molar-refractivity contribution in [2.45, 2.75) is 4.21 Å². The van der Waals surface area contributed by atoms with Gasteiger partial charge in [-0.05, 0) is 11.4 Å². The Hall–Kier alpha value is -0.130. The van der Waals surface area contributed by atoms with Gasteiger partial charge >= 0.3 is 0 Å². The molecule has 1 heterocycles. The summed E-state index contributed by atoms with van der Waals surface area (Å²) in [7, 11) is 0. The van der Waals surface area contributed by atoms with E-state index in [-0.39, 0.29) is 11.5 Å². The number of rotatable bonds is 2. The highest BCUT2D eigenvalue weighted by Gasteiger charge is 1.88. The van der Waals surface area contributed by atoms with Gasteiger partial charge in [-0.15, -0.1) is 15.1 Å². The third-order valence-electron chi connectivity index (χ3n) is 0.653. The van der Waals surface area contributed by atoms with Crippen LogP contribution in [-0.4, -0.2) is 4.21 Å². The second-order valence-corrected chi connectivity index (χ2v) is 3.75. The number of hydrogen-bond donors (Lipinski definition) is 0. The van der Waals surface area contributed by atoms with Gasteiger partial charge in [-0.1, -0.05) is 6.07 Å². The molecule has 0 unspecified atom stereocenters. The Bertz CT molecular complexity index is 214. The maximum absolute atomic E-state index is 9.76. The molecule has 0 aliphatic carbocycles. The zero-order valence-corrected chi connectivity index (χ0v) is 6.76. The maximum Gasteiger partial charge on any atom is 0.212 e. The first-order chi connectivity index (χ1) is 4.43. The molecule has 0 saturated carbocycles. The molecule has 1 aromatic rings. The van der Waals surface area contributed by atoms with E-state index in [1.807, 2.05) is 17.5 Å². The van der Waals surface area contributed by atoms with Crippen LogP contribution in [-0.2, 0) is 11.5 Å². The summed E-state index contributed by atoms with van der Waals surface area (Å²) in [5.74, 6) is 0. The molecule has 9 heavy (non-hydrogen) atoms. The molecular formula is C4H3NOS3. The lowest BCUT2D eigenvalue weighted by atomic mass is 10.7. The minimum atomic E-state index is 0.244. The lowest BCUT2D eigenvalue weighted by Gasteiger charge is -1.77. The van der Waals surface area contributed by atoms with E-state index in [0.717, 1.165) is 4.21 Å². The fourth-order valence-corrected chi connectivity index (χ4v) is 1.98. The van der Waals surface area contributed by atoms with Crippen molar-refractivity contribution in [3.05, 3.63) is 17.5 Å². The Labute approximate surface area is 64.7 Å². The van der Waals surface area contributed by atoms with Gasteiger partial charge in [0, 0.05) is 11.9 Å². The van der Waals surface area contributed by atoms with Gasteiger partial charge < -0.3 is 0 Å². The second kappa shape index (κ2) is 3.81. The fraction of sp³-hybridized carbons (Fsp3) is 0. The van der Waals surface area contributed by atoms with E-state index in [1.165, 1.54) is 11.9 Å². The summed E-state index contributed by atoms with van der Waals surface area (Å²) in [6.45, 7) is 0. The zero-order chi connectivity index (χ0) is 6.53. The molecule has 0 N–H and O–H groups in total. The summed E-state index contributed by atoms with van der Waals surface area (Å²) < 4.78 is 14.3. The third-order valence-corrected chi connectivity index (χ3v) is 2.68. The summed E-state index contributed by atoms with van der Waals surface area (Å²) in [5.41, 5.74) is 0. The van der Waals surface area contributed by atoms with Gasteiger partial charge in [0.05, 0.1) is 4.21 Å². The van der Waals surface area contributed by atoms with Gasteiger partial charge in [-0.2, -0.15) is 4.21 Å². The monoisotopic (exact) mass is 177 g/mol. The molecule has 2 nitrogen and oxygen atoms in total. The Kier molecular flexibility index (Phi) is 2.96. The normalized spacial score (nSPS) is 8.89. The zero-order valence-electron chi connectivity index (χ0n) is 4.31. The first-order valence-corrected chi connectivity index (χ1v) is 4.48. The van der Waals surface area contributed by atoms with Crippen LogP contribution in [0.4, 0.5) is 0 Å². The largest absolute Gasteiger partial charge is 0.212 e. The van der Waals surface area contributed by atoms with Crippen molar-refractivity contribution < 1.29 is 4.21 Å². The Balaban J connectivity index is 2.57. The highest BCUT2D eigenvalue weighted by Crippen LogP contribution is 2.23. The van der Waals surface area contributed by atoms with Crippen LogP contribution in [0.2, 0.25) is 0 Å². The van der Waals surface area contributed by atoms with Crippen LogP contribution in [0.15, 0.2) is 25.5 Å². The van der Waals surface area contributed by atoms with Crippen molar-refractivity contribution in [3.8, 4) is 0 Å². The summed E-state index contributed by atoms with van der Waals surface area (Å²) in [6, 6.07) is 3.85. The van der Waals surface area contributed by atoms with Crippen molar-refractivity contribution in [3.63, 3.8) is 0 Å². The van der Waals surface area contributed by atoms with Crippen LogP contribution in [0.1, 0.15) is 0 Å². The topological polar surface area (TPSA) is 29.4 Å². The lowest BCUT2D eigenvalue weighted by Crippen LogP contribution is -1.47. The summed E-state index contributed by atoms with van der Waals surface area (Å²) in [5, 5.41) is 1.95. The Morgan fingerprint density at radius 1 is 1.67 bits per heavy atom. The van der Waals surface area contributed by atoms with Crippen LogP contribution >= 0.6 is 23.3 Å². The van der Waals surface area contributed by atoms with Gasteiger partial charge in [0.1, 0.15) is 0 Å². The molecule has 0 saturated heterocycles. The fourth-order valence-electron chi connectivity index (χ4n) is 0.367. The minimum absolute atomic E-state index is 0.244. The van der Waals surface area contributed by atoms with Crippen LogP contribution in [0.3, 0.4) is 0 Å². The van der Waals surface area contributed by atoms with E-state index in [0.29, 0.717) is 0 Å². The molecule has 0 spiro atoms. The number of thiophene rings is 1. The number of hydrogen-bond acceptors (Lipinski definition) is 4. The molecule has 0 fully saturated rings. The average molecular weight is 177 g/mol. The summed E-state index contributed by atoms with van der Waals surface area (Å²) in [4.78, 5) is 0. The van der Waals surface area contributed by atoms with E-state index in [4.69, 9.17) is 0 Å². The van der Waals surface area contributed by atoms with Gasteiger partial charge in [-0.3, -0.25) is 0 Å². The molecule has 0 aromatic carbocycles. The van der Waals surface area contributed by atoms with E-state index in [2.05, 4.69) is 3.77 Å². The predicted molar refractivity (Wildman–Crippen MR) is 40.7 cm³/mol. The molecule has 0 amide bonds. The maximum atomic E-state index is 9.76. The van der Waals surface area contributed by atoms with Crippen molar-refractivity contribution in [2.24, 2.45) is 3.77 Å². The van der Waals surface area contributed by atoms with Crippen molar-refractivity contribution in [2.75, 3.05) is 0 Å². The second-order valence-electron chi connectivity index (χ2n) is 1.17. The number of nitrogens with zero attached hydrogens (tertiary/aromatic N) is 1. The quantitative estimate of drug-likeness (QED) is 0.648. The first-order valence-electron chi connectivity index (χ1n) is 2.13. The van der Waals surface area contributed by atoms with Gasteiger partial charge in [0.25, 0.3) is 0 Å². The molecule has 0 aliphatic heterocycles. The van der Waals surface area contributed by atoms with Crippen molar-refractivity contribution in [1.82, 2.24) is 0 Å². The third kappa shape index (κ3) is 2.30.